The molecular formula is C16H19N3O2. The van der Waals surface area contributed by atoms with E-state index in [2.05, 4.69) is 46.4 Å². The molecular weight excluding hydrogens is 266 g/mol. The van der Waals surface area contributed by atoms with Crippen molar-refractivity contribution in [2.24, 2.45) is 0 Å². The predicted octanol–water partition coefficient (Wildman–Crippen LogP) is 2.15. The summed E-state index contributed by atoms with van der Waals surface area (Å²) in [5.74, 6) is 1.42. The zero-order valence-corrected chi connectivity index (χ0v) is 12.2. The Bertz CT molecular complexity index is 621. The van der Waals surface area contributed by atoms with Gasteiger partial charge in [0, 0.05) is 13.1 Å². The maximum absolute atomic E-state index is 5.76. The highest BCUT2D eigenvalue weighted by Crippen LogP contribution is 2.52. The van der Waals surface area contributed by atoms with Gasteiger partial charge in [0.1, 0.15) is 6.10 Å². The van der Waals surface area contributed by atoms with Crippen LogP contribution in [0.2, 0.25) is 0 Å². The van der Waals surface area contributed by atoms with E-state index in [1.165, 1.54) is 5.56 Å². The predicted molar refractivity (Wildman–Crippen MR) is 76.9 cm³/mol. The quantitative estimate of drug-likeness (QED) is 0.865. The SMILES string of the molecule is CN1CCO[C@H](c2noc(C3(c4ccccc4)CC3)n2)C1. The number of likely N-dealkylation sites (N-methyl/N-ethyl adjacent to an activating group) is 1. The van der Waals surface area contributed by atoms with Crippen molar-refractivity contribution < 1.29 is 9.26 Å². The summed E-state index contributed by atoms with van der Waals surface area (Å²) >= 11 is 0. The van der Waals surface area contributed by atoms with Crippen LogP contribution < -0.4 is 0 Å². The highest BCUT2D eigenvalue weighted by molar-refractivity contribution is 5.38. The van der Waals surface area contributed by atoms with E-state index in [4.69, 9.17) is 9.26 Å². The van der Waals surface area contributed by atoms with Crippen LogP contribution in [-0.2, 0) is 10.2 Å². The van der Waals surface area contributed by atoms with Crippen molar-refractivity contribution in [2.45, 2.75) is 24.4 Å². The standard InChI is InChI=1S/C16H19N3O2/c1-19-9-10-20-13(11-19)14-17-15(21-18-14)16(7-8-16)12-5-3-2-4-6-12/h2-6,13H,7-11H2,1H3/t13-/m0/s1. The second kappa shape index (κ2) is 4.93. The number of hydrogen-bond donors (Lipinski definition) is 0. The normalized spacial score (nSPS) is 24.9. The first-order valence-corrected chi connectivity index (χ1v) is 7.48. The first-order chi connectivity index (χ1) is 10.3. The molecule has 1 aliphatic heterocycles. The molecule has 1 aromatic heterocycles. The maximum atomic E-state index is 5.76. The molecule has 2 fully saturated rings. The fraction of sp³-hybridized carbons (Fsp3) is 0.500. The number of aromatic nitrogens is 2. The highest BCUT2D eigenvalue weighted by atomic mass is 16.5. The van der Waals surface area contributed by atoms with E-state index in [-0.39, 0.29) is 11.5 Å². The second-order valence-corrected chi connectivity index (χ2v) is 6.03. The first kappa shape index (κ1) is 13.0. The van der Waals surface area contributed by atoms with Gasteiger partial charge in [-0.2, -0.15) is 4.98 Å². The summed E-state index contributed by atoms with van der Waals surface area (Å²) in [5.41, 5.74) is 1.20. The molecule has 0 unspecified atom stereocenters. The van der Waals surface area contributed by atoms with Crippen molar-refractivity contribution in [2.75, 3.05) is 26.7 Å². The van der Waals surface area contributed by atoms with E-state index in [0.29, 0.717) is 5.82 Å². The largest absolute Gasteiger partial charge is 0.367 e. The number of hydrogen-bond acceptors (Lipinski definition) is 5. The molecule has 2 aromatic rings. The summed E-state index contributed by atoms with van der Waals surface area (Å²) in [6, 6.07) is 10.4. The van der Waals surface area contributed by atoms with Gasteiger partial charge >= 0.3 is 0 Å². The molecule has 1 aromatic carbocycles. The van der Waals surface area contributed by atoms with Crippen LogP contribution in [-0.4, -0.2) is 41.8 Å². The molecule has 110 valence electrons. The summed E-state index contributed by atoms with van der Waals surface area (Å²) in [4.78, 5) is 6.88. The van der Waals surface area contributed by atoms with Gasteiger partial charge in [0.2, 0.25) is 11.7 Å². The van der Waals surface area contributed by atoms with E-state index >= 15 is 0 Å². The van der Waals surface area contributed by atoms with Gasteiger partial charge in [-0.15, -0.1) is 0 Å². The maximum Gasteiger partial charge on any atom is 0.237 e. The molecule has 0 bridgehead atoms. The van der Waals surface area contributed by atoms with Crippen LogP contribution in [0.5, 0.6) is 0 Å². The van der Waals surface area contributed by atoms with Crippen molar-refractivity contribution in [3.8, 4) is 0 Å². The van der Waals surface area contributed by atoms with E-state index in [1.807, 2.05) is 6.07 Å². The highest BCUT2D eigenvalue weighted by Gasteiger charge is 2.51. The molecule has 21 heavy (non-hydrogen) atoms. The summed E-state index contributed by atoms with van der Waals surface area (Å²) in [6.07, 6.45) is 2.07. The van der Waals surface area contributed by atoms with Crippen LogP contribution in [0, 0.1) is 0 Å². The van der Waals surface area contributed by atoms with Gasteiger partial charge < -0.3 is 14.2 Å². The van der Waals surface area contributed by atoms with Gasteiger partial charge in [-0.25, -0.2) is 0 Å². The third-order valence-corrected chi connectivity index (χ3v) is 4.49. The zero-order chi connectivity index (χ0) is 14.3. The lowest BCUT2D eigenvalue weighted by molar-refractivity contribution is -0.0264. The Morgan fingerprint density at radius 3 is 2.76 bits per heavy atom. The molecule has 1 atom stereocenters. The number of rotatable bonds is 3. The lowest BCUT2D eigenvalue weighted by atomic mass is 9.96. The minimum absolute atomic E-state index is 0.0624. The monoisotopic (exact) mass is 285 g/mol. The Hall–Kier alpha value is -1.72. The number of benzene rings is 1. The molecule has 0 spiro atoms. The third kappa shape index (κ3) is 2.26. The molecule has 1 saturated carbocycles. The van der Waals surface area contributed by atoms with Crippen LogP contribution in [0.25, 0.3) is 0 Å². The molecule has 0 amide bonds. The van der Waals surface area contributed by atoms with Crippen molar-refractivity contribution >= 4 is 0 Å². The first-order valence-electron chi connectivity index (χ1n) is 7.48. The van der Waals surface area contributed by atoms with Crippen molar-refractivity contribution in [3.63, 3.8) is 0 Å². The van der Waals surface area contributed by atoms with E-state index in [0.717, 1.165) is 38.4 Å². The minimum atomic E-state index is -0.0761. The van der Waals surface area contributed by atoms with Gasteiger partial charge in [0.25, 0.3) is 0 Å². The van der Waals surface area contributed by atoms with Gasteiger partial charge in [-0.1, -0.05) is 35.5 Å². The Labute approximate surface area is 123 Å². The van der Waals surface area contributed by atoms with Gasteiger partial charge in [0.05, 0.1) is 12.0 Å². The smallest absolute Gasteiger partial charge is 0.237 e. The molecule has 2 heterocycles. The molecule has 5 nitrogen and oxygen atoms in total. The molecule has 0 N–H and O–H groups in total. The Kier molecular flexibility index (Phi) is 3.05. The van der Waals surface area contributed by atoms with Crippen LogP contribution in [0.4, 0.5) is 0 Å². The Morgan fingerprint density at radius 1 is 1.24 bits per heavy atom. The third-order valence-electron chi connectivity index (χ3n) is 4.49. The van der Waals surface area contributed by atoms with Crippen molar-refractivity contribution in [1.82, 2.24) is 15.0 Å². The zero-order valence-electron chi connectivity index (χ0n) is 12.2. The Morgan fingerprint density at radius 2 is 2.05 bits per heavy atom. The van der Waals surface area contributed by atoms with Crippen LogP contribution in [0.3, 0.4) is 0 Å². The van der Waals surface area contributed by atoms with Crippen molar-refractivity contribution in [3.05, 3.63) is 47.6 Å². The van der Waals surface area contributed by atoms with E-state index < -0.39 is 0 Å². The molecule has 2 aliphatic rings. The summed E-state index contributed by atoms with van der Waals surface area (Å²) in [6.45, 7) is 2.49. The topological polar surface area (TPSA) is 51.4 Å². The average Bonchev–Trinajstić information content (AvgIpc) is 3.18. The van der Waals surface area contributed by atoms with Crippen molar-refractivity contribution in [1.29, 1.82) is 0 Å². The van der Waals surface area contributed by atoms with E-state index in [1.54, 1.807) is 0 Å². The average molecular weight is 285 g/mol. The van der Waals surface area contributed by atoms with E-state index in [9.17, 15) is 0 Å². The van der Waals surface area contributed by atoms with Crippen LogP contribution in [0.1, 0.15) is 36.2 Å². The Balaban J connectivity index is 1.60. The molecule has 0 radical (unpaired) electrons. The van der Waals surface area contributed by atoms with Crippen LogP contribution >= 0.6 is 0 Å². The van der Waals surface area contributed by atoms with Crippen LogP contribution in [0.15, 0.2) is 34.9 Å². The molecule has 1 saturated heterocycles. The lowest BCUT2D eigenvalue weighted by Gasteiger charge is -2.27. The molecule has 1 aliphatic carbocycles. The summed E-state index contributed by atoms with van der Waals surface area (Å²) in [7, 11) is 2.09. The van der Waals surface area contributed by atoms with Gasteiger partial charge in [-0.05, 0) is 25.5 Å². The van der Waals surface area contributed by atoms with Gasteiger partial charge in [-0.3, -0.25) is 0 Å². The van der Waals surface area contributed by atoms with Gasteiger partial charge in [0.15, 0.2) is 0 Å². The molecule has 5 heteroatoms. The summed E-state index contributed by atoms with van der Waals surface area (Å²) in [5, 5.41) is 4.17. The minimum Gasteiger partial charge on any atom is -0.367 e. The number of nitrogens with zero attached hydrogens (tertiary/aromatic N) is 3. The second-order valence-electron chi connectivity index (χ2n) is 6.03. The lowest BCUT2D eigenvalue weighted by Crippen LogP contribution is -2.35. The summed E-state index contributed by atoms with van der Waals surface area (Å²) < 4.78 is 11.3. The fourth-order valence-corrected chi connectivity index (χ4v) is 3.00. The number of morpholine rings is 1. The molecule has 4 rings (SSSR count). The fourth-order valence-electron chi connectivity index (χ4n) is 3.00. The number of ether oxygens (including phenoxy) is 1.